The molecule has 2 aliphatic rings. The first kappa shape index (κ1) is 21.9. The van der Waals surface area contributed by atoms with Gasteiger partial charge in [-0.3, -0.25) is 4.79 Å². The number of hydrogen-bond donors (Lipinski definition) is 1. The maximum Gasteiger partial charge on any atom is 0.336 e. The van der Waals surface area contributed by atoms with Crippen molar-refractivity contribution in [1.82, 2.24) is 5.32 Å². The van der Waals surface area contributed by atoms with Gasteiger partial charge >= 0.3 is 5.97 Å². The van der Waals surface area contributed by atoms with Gasteiger partial charge < -0.3 is 14.8 Å². The smallest absolute Gasteiger partial charge is 0.336 e. The van der Waals surface area contributed by atoms with Gasteiger partial charge in [0.25, 0.3) is 0 Å². The van der Waals surface area contributed by atoms with Gasteiger partial charge in [-0.15, -0.1) is 0 Å². The van der Waals surface area contributed by atoms with E-state index in [1.165, 1.54) is 0 Å². The van der Waals surface area contributed by atoms with Crippen LogP contribution in [0.4, 0.5) is 0 Å². The number of benzene rings is 1. The summed E-state index contributed by atoms with van der Waals surface area (Å²) < 4.78 is 10.4. The van der Waals surface area contributed by atoms with Crippen molar-refractivity contribution in [2.24, 2.45) is 11.3 Å². The zero-order valence-corrected chi connectivity index (χ0v) is 18.5. The Hall–Kier alpha value is -1.82. The van der Waals surface area contributed by atoms with Crippen LogP contribution in [0.5, 0.6) is 0 Å². The quantitative estimate of drug-likeness (QED) is 0.536. The minimum atomic E-state index is -0.506. The van der Waals surface area contributed by atoms with E-state index >= 15 is 0 Å². The molecule has 1 aliphatic carbocycles. The largest absolute Gasteiger partial charge is 0.460 e. The summed E-state index contributed by atoms with van der Waals surface area (Å²) >= 11 is 12.4. The number of carbonyl (C=O) groups is 2. The lowest BCUT2D eigenvalue weighted by Crippen LogP contribution is -2.43. The Balaban J connectivity index is 2.12. The van der Waals surface area contributed by atoms with E-state index in [0.717, 1.165) is 11.3 Å². The number of esters is 1. The average Bonchev–Trinajstić information content (AvgIpc) is 2.61. The Labute approximate surface area is 181 Å². The highest BCUT2D eigenvalue weighted by Crippen LogP contribution is 2.47. The minimum absolute atomic E-state index is 0.0748. The molecule has 1 aromatic carbocycles. The summed E-state index contributed by atoms with van der Waals surface area (Å²) in [7, 11) is 1.54. The van der Waals surface area contributed by atoms with Crippen molar-refractivity contribution in [3.63, 3.8) is 0 Å². The summed E-state index contributed by atoms with van der Waals surface area (Å²) in [6.45, 7) is 6.30. The molecule has 0 amide bonds. The van der Waals surface area contributed by atoms with E-state index in [2.05, 4.69) is 11.4 Å². The number of nitrogens with one attached hydrogen (secondary N) is 1. The Kier molecular flexibility index (Phi) is 6.42. The van der Waals surface area contributed by atoms with Crippen LogP contribution in [0.1, 0.15) is 38.7 Å². The molecule has 0 fully saturated rings. The molecular formula is C22H25Cl2NO4. The van der Waals surface area contributed by atoms with Crippen molar-refractivity contribution in [2.45, 2.75) is 33.1 Å². The van der Waals surface area contributed by atoms with Crippen LogP contribution >= 0.6 is 23.2 Å². The molecule has 0 aromatic heterocycles. The van der Waals surface area contributed by atoms with Gasteiger partial charge in [0.05, 0.1) is 28.1 Å². The van der Waals surface area contributed by atoms with Gasteiger partial charge in [0.15, 0.2) is 0 Å². The van der Waals surface area contributed by atoms with E-state index in [0.29, 0.717) is 34.3 Å². The lowest BCUT2D eigenvalue weighted by Gasteiger charge is -2.41. The third kappa shape index (κ3) is 4.52. The van der Waals surface area contributed by atoms with Gasteiger partial charge in [-0.25, -0.2) is 4.79 Å². The van der Waals surface area contributed by atoms with Gasteiger partial charge in [0, 0.05) is 30.8 Å². The van der Waals surface area contributed by atoms with E-state index in [4.69, 9.17) is 32.7 Å². The lowest BCUT2D eigenvalue weighted by atomic mass is 9.66. The third-order valence-corrected chi connectivity index (χ3v) is 6.02. The lowest BCUT2D eigenvalue weighted by molar-refractivity contribution is -0.141. The molecular weight excluding hydrogens is 413 g/mol. The second-order valence-corrected chi connectivity index (χ2v) is 8.97. The highest BCUT2D eigenvalue weighted by atomic mass is 35.5. The number of hydrogen-bond acceptors (Lipinski definition) is 5. The number of halogens is 2. The summed E-state index contributed by atoms with van der Waals surface area (Å²) in [6.07, 6.45) is 2.48. The number of allylic oxidation sites excluding steroid dienone is 3. The molecule has 0 saturated heterocycles. The molecule has 1 N–H and O–H groups in total. The molecule has 156 valence electrons. The van der Waals surface area contributed by atoms with Crippen LogP contribution in [0.15, 0.2) is 41.2 Å². The summed E-state index contributed by atoms with van der Waals surface area (Å²) in [5, 5.41) is 4.07. The van der Waals surface area contributed by atoms with Crippen molar-refractivity contribution in [3.05, 3.63) is 56.9 Å². The van der Waals surface area contributed by atoms with E-state index in [9.17, 15) is 9.59 Å². The Morgan fingerprint density at radius 1 is 1.21 bits per heavy atom. The Morgan fingerprint density at radius 3 is 2.59 bits per heavy atom. The van der Waals surface area contributed by atoms with Crippen LogP contribution < -0.4 is 5.32 Å². The highest BCUT2D eigenvalue weighted by molar-refractivity contribution is 6.42. The molecule has 1 heterocycles. The van der Waals surface area contributed by atoms with Crippen LogP contribution in [0.3, 0.4) is 0 Å². The number of ether oxygens (including phenoxy) is 2. The van der Waals surface area contributed by atoms with Crippen LogP contribution in [0.25, 0.3) is 0 Å². The van der Waals surface area contributed by atoms with Crippen molar-refractivity contribution >= 4 is 35.0 Å². The molecule has 0 bridgehead atoms. The fourth-order valence-electron chi connectivity index (χ4n) is 4.10. The third-order valence-electron chi connectivity index (χ3n) is 5.28. The number of fused-ring (bicyclic) bond motifs is 1. The fraction of sp³-hybridized carbons (Fsp3) is 0.455. The summed E-state index contributed by atoms with van der Waals surface area (Å²) in [4.78, 5) is 26.1. The molecule has 0 radical (unpaired) electrons. The number of ketones is 1. The minimum Gasteiger partial charge on any atom is -0.460 e. The summed E-state index contributed by atoms with van der Waals surface area (Å²) in [5.74, 6) is -1.41. The first-order chi connectivity index (χ1) is 13.6. The molecule has 3 rings (SSSR count). The SMILES string of the molecule is COCCOC(=O)C1=C(C)NC2=CC(C)(C)CC(=O)[C@@H]2[C@H]1c1ccc(Cl)c(Cl)c1. The Bertz CT molecular complexity index is 904. The molecule has 2 atom stereocenters. The maximum atomic E-state index is 13.2. The van der Waals surface area contributed by atoms with E-state index in [1.807, 2.05) is 26.8 Å². The normalized spacial score (nSPS) is 23.2. The van der Waals surface area contributed by atoms with E-state index in [-0.39, 0.29) is 17.8 Å². The molecule has 7 heteroatoms. The molecule has 29 heavy (non-hydrogen) atoms. The van der Waals surface area contributed by atoms with Gasteiger partial charge in [-0.1, -0.05) is 49.2 Å². The summed E-state index contributed by atoms with van der Waals surface area (Å²) in [5.41, 5.74) is 2.40. The number of Topliss-reactive ketones (excluding diaryl/α,β-unsaturated/α-hetero) is 1. The first-order valence-electron chi connectivity index (χ1n) is 9.49. The molecule has 5 nitrogen and oxygen atoms in total. The number of carbonyl (C=O) groups excluding carboxylic acids is 2. The van der Waals surface area contributed by atoms with Crippen LogP contribution in [-0.2, 0) is 19.1 Å². The molecule has 0 spiro atoms. The predicted octanol–water partition coefficient (Wildman–Crippen LogP) is 4.64. The van der Waals surface area contributed by atoms with Crippen molar-refractivity contribution in [1.29, 1.82) is 0 Å². The van der Waals surface area contributed by atoms with Gasteiger partial charge in [-0.2, -0.15) is 0 Å². The topological polar surface area (TPSA) is 64.6 Å². The zero-order valence-electron chi connectivity index (χ0n) is 17.0. The van der Waals surface area contributed by atoms with Crippen molar-refractivity contribution < 1.29 is 19.1 Å². The maximum absolute atomic E-state index is 13.2. The fourth-order valence-corrected chi connectivity index (χ4v) is 4.40. The van der Waals surface area contributed by atoms with Gasteiger partial charge in [-0.05, 0) is 30.0 Å². The molecule has 1 aromatic rings. The van der Waals surface area contributed by atoms with Crippen LogP contribution in [-0.4, -0.2) is 32.1 Å². The zero-order chi connectivity index (χ0) is 21.3. The van der Waals surface area contributed by atoms with Gasteiger partial charge in [0.2, 0.25) is 0 Å². The van der Waals surface area contributed by atoms with Crippen molar-refractivity contribution in [2.75, 3.05) is 20.3 Å². The first-order valence-corrected chi connectivity index (χ1v) is 10.2. The highest BCUT2D eigenvalue weighted by Gasteiger charge is 2.46. The van der Waals surface area contributed by atoms with Crippen LogP contribution in [0, 0.1) is 11.3 Å². The number of rotatable bonds is 5. The van der Waals surface area contributed by atoms with Crippen LogP contribution in [0.2, 0.25) is 10.0 Å². The summed E-state index contributed by atoms with van der Waals surface area (Å²) in [6, 6.07) is 5.22. The predicted molar refractivity (Wildman–Crippen MR) is 113 cm³/mol. The second kappa shape index (κ2) is 8.50. The molecule has 0 saturated carbocycles. The second-order valence-electron chi connectivity index (χ2n) is 8.15. The van der Waals surface area contributed by atoms with Gasteiger partial charge in [0.1, 0.15) is 12.4 Å². The van der Waals surface area contributed by atoms with E-state index < -0.39 is 17.8 Å². The molecule has 1 aliphatic heterocycles. The Morgan fingerprint density at radius 2 is 1.93 bits per heavy atom. The molecule has 0 unspecified atom stereocenters. The standard InChI is InChI=1S/C22H25Cl2NO4/c1-12-18(21(27)29-8-7-28-4)19(13-5-6-14(23)15(24)9-13)20-16(25-12)10-22(2,3)11-17(20)26/h5-6,9-10,19-20,25H,7-8,11H2,1-4H3/t19-,20+/m0/s1. The van der Waals surface area contributed by atoms with Crippen molar-refractivity contribution in [3.8, 4) is 0 Å². The number of methoxy groups -OCH3 is 1. The van der Waals surface area contributed by atoms with E-state index in [1.54, 1.807) is 19.2 Å². The monoisotopic (exact) mass is 437 g/mol. The average molecular weight is 438 g/mol.